The van der Waals surface area contributed by atoms with Crippen molar-refractivity contribution in [2.24, 2.45) is 0 Å². The van der Waals surface area contributed by atoms with Gasteiger partial charge in [-0.3, -0.25) is 9.69 Å². The Morgan fingerprint density at radius 2 is 2.42 bits per heavy atom. The second kappa shape index (κ2) is 8.14. The topological polar surface area (TPSA) is 63.7 Å². The second-order valence-corrected chi connectivity index (χ2v) is 6.66. The van der Waals surface area contributed by atoms with Crippen LogP contribution in [0, 0.1) is 0 Å². The van der Waals surface area contributed by atoms with E-state index in [2.05, 4.69) is 22.1 Å². The van der Waals surface area contributed by atoms with Crippen molar-refractivity contribution in [2.45, 2.75) is 38.3 Å². The van der Waals surface area contributed by atoms with Gasteiger partial charge in [0.05, 0.1) is 18.8 Å². The number of nitrogens with zero attached hydrogens (tertiary/aromatic N) is 2. The van der Waals surface area contributed by atoms with Gasteiger partial charge < -0.3 is 14.8 Å². The summed E-state index contributed by atoms with van der Waals surface area (Å²) in [7, 11) is 0. The van der Waals surface area contributed by atoms with Gasteiger partial charge in [-0.2, -0.15) is 0 Å². The van der Waals surface area contributed by atoms with Crippen LogP contribution in [0.25, 0.3) is 0 Å². The minimum absolute atomic E-state index is 0.0166. The van der Waals surface area contributed by atoms with Crippen molar-refractivity contribution in [2.75, 3.05) is 32.8 Å². The zero-order valence-electron chi connectivity index (χ0n) is 14.0. The smallest absolute Gasteiger partial charge is 0.252 e. The van der Waals surface area contributed by atoms with Gasteiger partial charge in [0.1, 0.15) is 11.1 Å². The van der Waals surface area contributed by atoms with Crippen molar-refractivity contribution in [3.8, 4) is 5.88 Å². The molecule has 0 spiro atoms. The van der Waals surface area contributed by atoms with Crippen LogP contribution in [0.1, 0.15) is 36.5 Å². The summed E-state index contributed by atoms with van der Waals surface area (Å²) in [5.74, 6) is 0.208. The Balaban J connectivity index is 1.55. The number of hydrogen-bond donors (Lipinski definition) is 1. The number of hydrogen-bond acceptors (Lipinski definition) is 5. The predicted molar refractivity (Wildman–Crippen MR) is 91.7 cm³/mol. The molecule has 2 saturated heterocycles. The molecule has 1 aromatic rings. The van der Waals surface area contributed by atoms with E-state index in [1.807, 2.05) is 0 Å². The summed E-state index contributed by atoms with van der Waals surface area (Å²) in [6.07, 6.45) is 4.65. The molecule has 3 heterocycles. The first-order valence-corrected chi connectivity index (χ1v) is 8.97. The summed E-state index contributed by atoms with van der Waals surface area (Å²) >= 11 is 6.21. The highest BCUT2D eigenvalue weighted by atomic mass is 35.5. The number of likely N-dealkylation sites (tertiary alicyclic amines) is 1. The molecule has 2 aliphatic rings. The van der Waals surface area contributed by atoms with Gasteiger partial charge in [-0.15, -0.1) is 0 Å². The third-order valence-electron chi connectivity index (χ3n) is 4.64. The summed E-state index contributed by atoms with van der Waals surface area (Å²) in [4.78, 5) is 18.9. The lowest BCUT2D eigenvalue weighted by atomic mass is 10.2. The van der Waals surface area contributed by atoms with E-state index in [0.29, 0.717) is 42.3 Å². The first-order chi connectivity index (χ1) is 11.7. The van der Waals surface area contributed by atoms with Crippen LogP contribution >= 0.6 is 11.6 Å². The number of pyridine rings is 1. The van der Waals surface area contributed by atoms with Crippen LogP contribution in [0.3, 0.4) is 0 Å². The summed E-state index contributed by atoms with van der Waals surface area (Å²) in [6, 6.07) is 2.04. The van der Waals surface area contributed by atoms with Crippen LogP contribution in [0.15, 0.2) is 12.3 Å². The summed E-state index contributed by atoms with van der Waals surface area (Å²) in [5, 5.41) is 3.34. The number of aromatic nitrogens is 1. The maximum absolute atomic E-state index is 12.3. The largest absolute Gasteiger partial charge is 0.471 e. The Morgan fingerprint density at radius 3 is 3.12 bits per heavy atom. The molecule has 6 nitrogen and oxygen atoms in total. The van der Waals surface area contributed by atoms with E-state index in [1.54, 1.807) is 6.07 Å². The second-order valence-electron chi connectivity index (χ2n) is 6.25. The third-order valence-corrected chi connectivity index (χ3v) is 4.91. The Labute approximate surface area is 147 Å². The normalized spacial score (nSPS) is 24.2. The lowest BCUT2D eigenvalue weighted by Crippen LogP contribution is -2.40. The average molecular weight is 354 g/mol. The standard InChI is InChI=1S/C17H24ClN3O3/c1-2-21-6-3-4-13(21)10-19-16(22)12-8-15(18)17(20-9-12)24-14-5-7-23-11-14/h8-9,13-14H,2-7,10-11H2,1H3,(H,19,22). The lowest BCUT2D eigenvalue weighted by Gasteiger charge is -2.22. The van der Waals surface area contributed by atoms with Crippen molar-refractivity contribution in [1.82, 2.24) is 15.2 Å². The van der Waals surface area contributed by atoms with Crippen molar-refractivity contribution in [1.29, 1.82) is 0 Å². The highest BCUT2D eigenvalue weighted by Gasteiger charge is 2.24. The maximum Gasteiger partial charge on any atom is 0.252 e. The van der Waals surface area contributed by atoms with Crippen molar-refractivity contribution in [3.05, 3.63) is 22.8 Å². The van der Waals surface area contributed by atoms with Gasteiger partial charge in [0.15, 0.2) is 0 Å². The van der Waals surface area contributed by atoms with Gasteiger partial charge in [-0.1, -0.05) is 18.5 Å². The van der Waals surface area contributed by atoms with Gasteiger partial charge in [0.2, 0.25) is 5.88 Å². The van der Waals surface area contributed by atoms with Crippen LogP contribution in [0.2, 0.25) is 5.02 Å². The molecule has 1 amide bonds. The van der Waals surface area contributed by atoms with Crippen LogP contribution in [-0.4, -0.2) is 60.8 Å². The van der Waals surface area contributed by atoms with E-state index in [1.165, 1.54) is 12.6 Å². The van der Waals surface area contributed by atoms with Crippen molar-refractivity contribution < 1.29 is 14.3 Å². The first-order valence-electron chi connectivity index (χ1n) is 8.59. The molecule has 2 aliphatic heterocycles. The molecule has 3 rings (SSSR count). The molecule has 0 bridgehead atoms. The molecule has 0 saturated carbocycles. The molecular weight excluding hydrogens is 330 g/mol. The van der Waals surface area contributed by atoms with Crippen LogP contribution in [0.5, 0.6) is 5.88 Å². The molecule has 2 unspecified atom stereocenters. The number of nitrogens with one attached hydrogen (secondary N) is 1. The molecular formula is C17H24ClN3O3. The SMILES string of the molecule is CCN1CCCC1CNC(=O)c1cnc(OC2CCOC2)c(Cl)c1. The fraction of sp³-hybridized carbons (Fsp3) is 0.647. The molecule has 0 radical (unpaired) electrons. The van der Waals surface area contributed by atoms with Crippen LogP contribution in [-0.2, 0) is 4.74 Å². The number of halogens is 1. The minimum Gasteiger partial charge on any atom is -0.471 e. The molecule has 132 valence electrons. The Kier molecular flexibility index (Phi) is 5.92. The van der Waals surface area contributed by atoms with E-state index in [9.17, 15) is 4.79 Å². The van der Waals surface area contributed by atoms with Gasteiger partial charge in [0, 0.05) is 25.2 Å². The zero-order valence-corrected chi connectivity index (χ0v) is 14.7. The predicted octanol–water partition coefficient (Wildman–Crippen LogP) is 2.12. The third kappa shape index (κ3) is 4.18. The molecule has 2 fully saturated rings. The summed E-state index contributed by atoms with van der Waals surface area (Å²) < 4.78 is 11.0. The minimum atomic E-state index is -0.150. The fourth-order valence-electron chi connectivity index (χ4n) is 3.26. The number of amides is 1. The quantitative estimate of drug-likeness (QED) is 0.848. The Morgan fingerprint density at radius 1 is 1.54 bits per heavy atom. The average Bonchev–Trinajstić information content (AvgIpc) is 3.25. The van der Waals surface area contributed by atoms with E-state index in [4.69, 9.17) is 21.1 Å². The highest BCUT2D eigenvalue weighted by Crippen LogP contribution is 2.25. The lowest BCUT2D eigenvalue weighted by molar-refractivity contribution is 0.0940. The molecule has 2 atom stereocenters. The summed E-state index contributed by atoms with van der Waals surface area (Å²) in [6.45, 7) is 6.18. The maximum atomic E-state index is 12.3. The molecule has 0 aliphatic carbocycles. The monoisotopic (exact) mass is 353 g/mol. The van der Waals surface area contributed by atoms with Gasteiger partial charge >= 0.3 is 0 Å². The van der Waals surface area contributed by atoms with Crippen LogP contribution < -0.4 is 10.1 Å². The fourth-order valence-corrected chi connectivity index (χ4v) is 3.47. The molecule has 7 heteroatoms. The Bertz CT molecular complexity index is 578. The number of carbonyl (C=O) groups is 1. The van der Waals surface area contributed by atoms with Crippen molar-refractivity contribution >= 4 is 17.5 Å². The molecule has 24 heavy (non-hydrogen) atoms. The van der Waals surface area contributed by atoms with Crippen molar-refractivity contribution in [3.63, 3.8) is 0 Å². The first kappa shape index (κ1) is 17.5. The Hall–Kier alpha value is -1.37. The van der Waals surface area contributed by atoms with Gasteiger partial charge in [-0.05, 0) is 32.0 Å². The molecule has 1 N–H and O–H groups in total. The zero-order chi connectivity index (χ0) is 16.9. The number of likely N-dealkylation sites (N-methyl/N-ethyl adjacent to an activating group) is 1. The van der Waals surface area contributed by atoms with E-state index in [-0.39, 0.29) is 12.0 Å². The summed E-state index contributed by atoms with van der Waals surface area (Å²) in [5.41, 5.74) is 0.455. The highest BCUT2D eigenvalue weighted by molar-refractivity contribution is 6.32. The number of carbonyl (C=O) groups excluding carboxylic acids is 1. The number of ether oxygens (including phenoxy) is 2. The van der Waals surface area contributed by atoms with Gasteiger partial charge in [0.25, 0.3) is 5.91 Å². The van der Waals surface area contributed by atoms with Gasteiger partial charge in [-0.25, -0.2) is 4.98 Å². The van der Waals surface area contributed by atoms with E-state index >= 15 is 0 Å². The van der Waals surface area contributed by atoms with E-state index < -0.39 is 0 Å². The molecule has 1 aromatic heterocycles. The van der Waals surface area contributed by atoms with Crippen LogP contribution in [0.4, 0.5) is 0 Å². The molecule has 0 aromatic carbocycles. The number of rotatable bonds is 6. The van der Waals surface area contributed by atoms with E-state index in [0.717, 1.165) is 25.9 Å².